The molecule has 3 aromatic carbocycles. The first kappa shape index (κ1) is 21.6. The first-order chi connectivity index (χ1) is 14.8. The summed E-state index contributed by atoms with van der Waals surface area (Å²) in [4.78, 5) is 17.5. The fourth-order valence-corrected chi connectivity index (χ4v) is 3.81. The van der Waals surface area contributed by atoms with E-state index in [1.54, 1.807) is 22.9 Å². The third-order valence-corrected chi connectivity index (χ3v) is 5.90. The summed E-state index contributed by atoms with van der Waals surface area (Å²) < 4.78 is 2.55. The molecule has 1 amide bonds. The molecule has 4 aromatic rings. The van der Waals surface area contributed by atoms with Crippen molar-refractivity contribution in [1.82, 2.24) is 14.8 Å². The minimum absolute atomic E-state index is 0.0453. The van der Waals surface area contributed by atoms with Gasteiger partial charge < -0.3 is 5.32 Å². The number of amides is 1. The molecule has 0 spiro atoms. The van der Waals surface area contributed by atoms with Gasteiger partial charge in [-0.3, -0.25) is 4.79 Å². The van der Waals surface area contributed by atoms with E-state index < -0.39 is 5.91 Å². The minimum atomic E-state index is -0.405. The second kappa shape index (κ2) is 8.83. The van der Waals surface area contributed by atoms with E-state index in [0.717, 1.165) is 21.2 Å². The number of carbonyl (C=O) groups is 1. The van der Waals surface area contributed by atoms with Gasteiger partial charge in [0, 0.05) is 25.8 Å². The Morgan fingerprint density at radius 2 is 1.71 bits per heavy atom. The highest BCUT2D eigenvalue weighted by Crippen LogP contribution is 2.26. The van der Waals surface area contributed by atoms with Crippen LogP contribution in [-0.2, 0) is 0 Å². The zero-order valence-electron chi connectivity index (χ0n) is 16.7. The number of nitrogens with zero attached hydrogens (tertiary/aromatic N) is 3. The normalized spacial score (nSPS) is 10.9. The van der Waals surface area contributed by atoms with E-state index in [4.69, 9.17) is 23.2 Å². The van der Waals surface area contributed by atoms with Crippen LogP contribution in [0.1, 0.15) is 21.7 Å². The molecule has 1 N–H and O–H groups in total. The molecule has 8 heteroatoms. The number of nitrogens with one attached hydrogen (secondary N) is 1. The lowest BCUT2D eigenvalue weighted by molar-refractivity contribution is 0.101. The van der Waals surface area contributed by atoms with E-state index in [-0.39, 0.29) is 5.82 Å². The van der Waals surface area contributed by atoms with Gasteiger partial charge in [0.05, 0.1) is 5.69 Å². The smallest absolute Gasteiger partial charge is 0.295 e. The summed E-state index contributed by atoms with van der Waals surface area (Å²) in [6.45, 7) is 3.84. The molecule has 0 aliphatic carbocycles. The van der Waals surface area contributed by atoms with Crippen molar-refractivity contribution in [2.75, 3.05) is 5.32 Å². The van der Waals surface area contributed by atoms with Crippen LogP contribution in [0, 0.1) is 13.8 Å². The summed E-state index contributed by atoms with van der Waals surface area (Å²) in [6.07, 6.45) is 0. The van der Waals surface area contributed by atoms with Gasteiger partial charge in [0.15, 0.2) is 5.82 Å². The van der Waals surface area contributed by atoms with Gasteiger partial charge in [0.2, 0.25) is 5.82 Å². The number of carbonyl (C=O) groups excluding carboxylic acids is 1. The van der Waals surface area contributed by atoms with Crippen molar-refractivity contribution in [3.8, 4) is 17.1 Å². The minimum Gasteiger partial charge on any atom is -0.319 e. The molecular formula is C23H17BrCl2N4O. The van der Waals surface area contributed by atoms with Crippen LogP contribution in [0.5, 0.6) is 0 Å². The molecule has 1 heterocycles. The highest BCUT2D eigenvalue weighted by atomic mass is 79.9. The van der Waals surface area contributed by atoms with Crippen LogP contribution in [0.15, 0.2) is 65.1 Å². The van der Waals surface area contributed by atoms with Crippen molar-refractivity contribution in [3.05, 3.63) is 92.1 Å². The van der Waals surface area contributed by atoms with Crippen LogP contribution >= 0.6 is 39.1 Å². The highest BCUT2D eigenvalue weighted by molar-refractivity contribution is 9.10. The van der Waals surface area contributed by atoms with Crippen LogP contribution in [0.4, 0.5) is 5.69 Å². The predicted molar refractivity (Wildman–Crippen MR) is 128 cm³/mol. The van der Waals surface area contributed by atoms with Gasteiger partial charge in [-0.1, -0.05) is 45.2 Å². The predicted octanol–water partition coefficient (Wildman–Crippen LogP) is 6.87. The molecular weight excluding hydrogens is 499 g/mol. The number of halogens is 3. The number of anilines is 1. The topological polar surface area (TPSA) is 59.8 Å². The Balaban J connectivity index is 1.77. The molecule has 156 valence electrons. The first-order valence-corrected chi connectivity index (χ1v) is 10.9. The van der Waals surface area contributed by atoms with Crippen molar-refractivity contribution in [1.29, 1.82) is 0 Å². The zero-order valence-corrected chi connectivity index (χ0v) is 19.8. The van der Waals surface area contributed by atoms with Crippen molar-refractivity contribution in [3.63, 3.8) is 0 Å². The van der Waals surface area contributed by atoms with Gasteiger partial charge in [0.25, 0.3) is 5.91 Å². The molecule has 0 fully saturated rings. The molecule has 0 unspecified atom stereocenters. The lowest BCUT2D eigenvalue weighted by Gasteiger charge is -2.08. The summed E-state index contributed by atoms with van der Waals surface area (Å²) in [5.41, 5.74) is 4.03. The molecule has 0 saturated carbocycles. The van der Waals surface area contributed by atoms with Crippen molar-refractivity contribution >= 4 is 50.7 Å². The third kappa shape index (κ3) is 4.66. The second-order valence-electron chi connectivity index (χ2n) is 7.02. The number of hydrogen-bond donors (Lipinski definition) is 1. The van der Waals surface area contributed by atoms with E-state index in [1.165, 1.54) is 0 Å². The van der Waals surface area contributed by atoms with Crippen molar-refractivity contribution in [2.24, 2.45) is 0 Å². The van der Waals surface area contributed by atoms with E-state index in [0.29, 0.717) is 27.2 Å². The molecule has 0 atom stereocenters. The van der Waals surface area contributed by atoms with E-state index in [2.05, 4.69) is 31.3 Å². The fraction of sp³-hybridized carbons (Fsp3) is 0.0870. The van der Waals surface area contributed by atoms with Crippen LogP contribution in [0.2, 0.25) is 10.0 Å². The summed E-state index contributed by atoms with van der Waals surface area (Å²) in [5, 5.41) is 8.58. The van der Waals surface area contributed by atoms with Gasteiger partial charge in [-0.15, -0.1) is 5.10 Å². The lowest BCUT2D eigenvalue weighted by Crippen LogP contribution is -2.15. The molecule has 1 aromatic heterocycles. The monoisotopic (exact) mass is 514 g/mol. The molecule has 5 nitrogen and oxygen atoms in total. The maximum absolute atomic E-state index is 12.9. The first-order valence-electron chi connectivity index (χ1n) is 9.39. The summed E-state index contributed by atoms with van der Waals surface area (Å²) in [5.74, 6) is 0.149. The molecule has 0 radical (unpaired) electrons. The third-order valence-electron chi connectivity index (χ3n) is 4.75. The highest BCUT2D eigenvalue weighted by Gasteiger charge is 2.20. The Hall–Kier alpha value is -2.67. The summed E-state index contributed by atoms with van der Waals surface area (Å²) >= 11 is 15.8. The largest absolute Gasteiger partial charge is 0.319 e. The van der Waals surface area contributed by atoms with Gasteiger partial charge in [-0.05, 0) is 79.6 Å². The fourth-order valence-electron chi connectivity index (χ4n) is 3.03. The molecule has 4 rings (SSSR count). The van der Waals surface area contributed by atoms with E-state index >= 15 is 0 Å². The lowest BCUT2D eigenvalue weighted by atomic mass is 10.2. The second-order valence-corrected chi connectivity index (χ2v) is 8.78. The van der Waals surface area contributed by atoms with Gasteiger partial charge in [-0.25, -0.2) is 9.67 Å². The average molecular weight is 516 g/mol. The number of hydrogen-bond acceptors (Lipinski definition) is 3. The quantitative estimate of drug-likeness (QED) is 0.322. The van der Waals surface area contributed by atoms with Gasteiger partial charge in [-0.2, -0.15) is 0 Å². The molecule has 31 heavy (non-hydrogen) atoms. The van der Waals surface area contributed by atoms with Crippen LogP contribution in [0.25, 0.3) is 17.1 Å². The molecule has 0 aliphatic heterocycles. The van der Waals surface area contributed by atoms with E-state index in [9.17, 15) is 4.79 Å². The summed E-state index contributed by atoms with van der Waals surface area (Å²) in [7, 11) is 0. The van der Waals surface area contributed by atoms with Gasteiger partial charge >= 0.3 is 0 Å². The standard InChI is InChI=1S/C23H17BrCl2N4O/c1-13-3-9-18(12-19(13)26)30-22(15-4-7-17(25)8-5-15)28-21(29-30)23(31)27-20-10-6-16(24)11-14(20)2/h3-12H,1-2H3,(H,27,31). The maximum atomic E-state index is 12.9. The Kier molecular flexibility index (Phi) is 6.14. The van der Waals surface area contributed by atoms with Crippen molar-refractivity contribution < 1.29 is 4.79 Å². The van der Waals surface area contributed by atoms with Crippen LogP contribution in [-0.4, -0.2) is 20.7 Å². The average Bonchev–Trinajstić information content (AvgIpc) is 3.18. The number of aryl methyl sites for hydroxylation is 2. The van der Waals surface area contributed by atoms with Crippen molar-refractivity contribution in [2.45, 2.75) is 13.8 Å². The summed E-state index contributed by atoms with van der Waals surface area (Å²) in [6, 6.07) is 18.4. The van der Waals surface area contributed by atoms with E-state index in [1.807, 2.05) is 56.3 Å². The van der Waals surface area contributed by atoms with Crippen LogP contribution in [0.3, 0.4) is 0 Å². The maximum Gasteiger partial charge on any atom is 0.295 e. The Bertz CT molecular complexity index is 1290. The molecule has 0 aliphatic rings. The molecule has 0 saturated heterocycles. The zero-order chi connectivity index (χ0) is 22.1. The Labute approximate surface area is 198 Å². The Morgan fingerprint density at radius 3 is 2.39 bits per heavy atom. The van der Waals surface area contributed by atoms with Crippen LogP contribution < -0.4 is 5.32 Å². The number of aromatic nitrogens is 3. The number of rotatable bonds is 4. The molecule has 0 bridgehead atoms. The van der Waals surface area contributed by atoms with Gasteiger partial charge in [0.1, 0.15) is 0 Å². The Morgan fingerprint density at radius 1 is 0.968 bits per heavy atom. The number of benzene rings is 3. The SMILES string of the molecule is Cc1ccc(-n2nc(C(=O)Nc3ccc(Br)cc3C)nc2-c2ccc(Cl)cc2)cc1Cl.